The van der Waals surface area contributed by atoms with Crippen LogP contribution in [0.15, 0.2) is 39.9 Å². The van der Waals surface area contributed by atoms with Crippen LogP contribution in [0.3, 0.4) is 0 Å². The number of rotatable bonds is 4. The SMILES string of the molecule is CCCc1nc2nc[nH]n2c(=O)c1NC(=O)Nc1ccc(Br)cc1. The Morgan fingerprint density at radius 3 is 2.75 bits per heavy atom. The van der Waals surface area contributed by atoms with Gasteiger partial charge in [-0.3, -0.25) is 9.89 Å². The Hall–Kier alpha value is -2.68. The number of carbonyl (C=O) groups is 1. The van der Waals surface area contributed by atoms with Crippen LogP contribution >= 0.6 is 15.9 Å². The summed E-state index contributed by atoms with van der Waals surface area (Å²) in [5, 5.41) is 7.97. The molecule has 0 aliphatic heterocycles. The van der Waals surface area contributed by atoms with Gasteiger partial charge < -0.3 is 10.6 Å². The van der Waals surface area contributed by atoms with E-state index in [4.69, 9.17) is 0 Å². The number of benzene rings is 1. The molecule has 3 N–H and O–H groups in total. The Labute approximate surface area is 145 Å². The van der Waals surface area contributed by atoms with Gasteiger partial charge in [-0.2, -0.15) is 4.52 Å². The maximum absolute atomic E-state index is 12.5. The molecule has 124 valence electrons. The lowest BCUT2D eigenvalue weighted by atomic mass is 10.2. The molecule has 0 aliphatic rings. The summed E-state index contributed by atoms with van der Waals surface area (Å²) in [7, 11) is 0. The molecule has 3 aromatic rings. The number of nitrogens with one attached hydrogen (secondary N) is 3. The van der Waals surface area contributed by atoms with E-state index in [0.29, 0.717) is 17.8 Å². The zero-order valence-electron chi connectivity index (χ0n) is 12.8. The minimum atomic E-state index is -0.506. The van der Waals surface area contributed by atoms with E-state index in [1.165, 1.54) is 10.8 Å². The molecule has 2 amide bonds. The number of aryl methyl sites for hydroxylation is 1. The largest absolute Gasteiger partial charge is 0.323 e. The lowest BCUT2D eigenvalue weighted by Crippen LogP contribution is -2.28. The monoisotopic (exact) mass is 390 g/mol. The lowest BCUT2D eigenvalue weighted by molar-refractivity contribution is 0.262. The summed E-state index contributed by atoms with van der Waals surface area (Å²) in [5.41, 5.74) is 0.879. The second-order valence-electron chi connectivity index (χ2n) is 5.10. The van der Waals surface area contributed by atoms with Crippen molar-refractivity contribution in [2.24, 2.45) is 0 Å². The van der Waals surface area contributed by atoms with E-state index in [2.05, 4.69) is 41.6 Å². The number of urea groups is 1. The number of anilines is 2. The second kappa shape index (κ2) is 6.83. The summed E-state index contributed by atoms with van der Waals surface area (Å²) in [6, 6.07) is 6.61. The zero-order chi connectivity index (χ0) is 17.1. The molecular weight excluding hydrogens is 376 g/mol. The van der Waals surface area contributed by atoms with Gasteiger partial charge in [0.25, 0.3) is 11.3 Å². The van der Waals surface area contributed by atoms with Gasteiger partial charge in [0.2, 0.25) is 0 Å². The predicted octanol–water partition coefficient (Wildman–Crippen LogP) is 2.78. The smallest absolute Gasteiger partial charge is 0.308 e. The molecule has 0 bridgehead atoms. The first kappa shape index (κ1) is 16.2. The number of nitrogens with zero attached hydrogens (tertiary/aromatic N) is 3. The fourth-order valence-electron chi connectivity index (χ4n) is 2.25. The van der Waals surface area contributed by atoms with Gasteiger partial charge in [-0.05, 0) is 30.7 Å². The number of halogens is 1. The third kappa shape index (κ3) is 3.30. The van der Waals surface area contributed by atoms with E-state index in [9.17, 15) is 9.59 Å². The van der Waals surface area contributed by atoms with Crippen LogP contribution in [0, 0.1) is 0 Å². The number of H-pyrrole nitrogens is 1. The summed E-state index contributed by atoms with van der Waals surface area (Å²) in [4.78, 5) is 33.0. The van der Waals surface area contributed by atoms with Crippen molar-refractivity contribution >= 4 is 39.1 Å². The van der Waals surface area contributed by atoms with E-state index >= 15 is 0 Å². The summed E-state index contributed by atoms with van der Waals surface area (Å²) in [5.74, 6) is 0.280. The molecule has 0 spiro atoms. The molecule has 0 radical (unpaired) electrons. The van der Waals surface area contributed by atoms with Gasteiger partial charge >= 0.3 is 6.03 Å². The number of aromatic nitrogens is 4. The van der Waals surface area contributed by atoms with Gasteiger partial charge in [0.05, 0.1) is 5.69 Å². The molecule has 9 heteroatoms. The van der Waals surface area contributed by atoms with Gasteiger partial charge in [-0.1, -0.05) is 29.3 Å². The fraction of sp³-hybridized carbons (Fsp3) is 0.200. The minimum absolute atomic E-state index is 0.146. The second-order valence-corrected chi connectivity index (χ2v) is 6.01. The Morgan fingerprint density at radius 1 is 1.29 bits per heavy atom. The Kier molecular flexibility index (Phi) is 4.61. The highest BCUT2D eigenvalue weighted by molar-refractivity contribution is 9.10. The summed E-state index contributed by atoms with van der Waals surface area (Å²) < 4.78 is 2.10. The maximum Gasteiger partial charge on any atom is 0.323 e. The number of hydrogen-bond acceptors (Lipinski definition) is 4. The molecule has 2 heterocycles. The van der Waals surface area contributed by atoms with Crippen LogP contribution in [0.1, 0.15) is 19.0 Å². The first-order chi connectivity index (χ1) is 11.6. The van der Waals surface area contributed by atoms with Crippen LogP contribution in [0.4, 0.5) is 16.2 Å². The first-order valence-electron chi connectivity index (χ1n) is 7.37. The summed E-state index contributed by atoms with van der Waals surface area (Å²) >= 11 is 3.33. The van der Waals surface area contributed by atoms with Crippen molar-refractivity contribution < 1.29 is 4.79 Å². The van der Waals surface area contributed by atoms with Gasteiger partial charge in [0.1, 0.15) is 12.0 Å². The van der Waals surface area contributed by atoms with E-state index in [-0.39, 0.29) is 11.5 Å². The van der Waals surface area contributed by atoms with E-state index in [0.717, 1.165) is 10.9 Å². The van der Waals surface area contributed by atoms with Crippen LogP contribution in [-0.4, -0.2) is 25.6 Å². The van der Waals surface area contributed by atoms with Crippen molar-refractivity contribution in [3.63, 3.8) is 0 Å². The minimum Gasteiger partial charge on any atom is -0.308 e. The zero-order valence-corrected chi connectivity index (χ0v) is 14.4. The summed E-state index contributed by atoms with van der Waals surface area (Å²) in [6.45, 7) is 1.97. The highest BCUT2D eigenvalue weighted by Crippen LogP contribution is 2.15. The number of aromatic amines is 1. The van der Waals surface area contributed by atoms with Crippen LogP contribution in [0.25, 0.3) is 5.78 Å². The van der Waals surface area contributed by atoms with E-state index in [1.54, 1.807) is 12.1 Å². The molecule has 2 aromatic heterocycles. The van der Waals surface area contributed by atoms with Crippen molar-refractivity contribution in [2.75, 3.05) is 10.6 Å². The van der Waals surface area contributed by atoms with Crippen LogP contribution in [0.2, 0.25) is 0 Å². The molecule has 1 aromatic carbocycles. The van der Waals surface area contributed by atoms with Gasteiger partial charge in [-0.25, -0.2) is 14.8 Å². The maximum atomic E-state index is 12.5. The molecule has 8 nitrogen and oxygen atoms in total. The third-order valence-electron chi connectivity index (χ3n) is 3.33. The Morgan fingerprint density at radius 2 is 2.04 bits per heavy atom. The molecule has 0 saturated heterocycles. The van der Waals surface area contributed by atoms with Crippen LogP contribution < -0.4 is 16.2 Å². The molecule has 3 rings (SSSR count). The fourth-order valence-corrected chi connectivity index (χ4v) is 2.52. The van der Waals surface area contributed by atoms with Crippen LogP contribution in [-0.2, 0) is 6.42 Å². The summed E-state index contributed by atoms with van der Waals surface area (Å²) in [6.07, 6.45) is 2.73. The van der Waals surface area contributed by atoms with Crippen molar-refractivity contribution in [1.29, 1.82) is 0 Å². The Bertz CT molecular complexity index is 931. The standard InChI is InChI=1S/C15H15BrN6O2/c1-2-3-11-12(13(23)22-14(20-11)17-8-18-22)21-15(24)19-10-6-4-9(16)5-7-10/h4-8H,2-3H2,1H3,(H,17,18,20)(H2,19,21,24). The molecule has 0 fully saturated rings. The van der Waals surface area contributed by atoms with E-state index < -0.39 is 11.6 Å². The lowest BCUT2D eigenvalue weighted by Gasteiger charge is -2.10. The number of amides is 2. The highest BCUT2D eigenvalue weighted by atomic mass is 79.9. The number of carbonyl (C=O) groups excluding carboxylic acids is 1. The highest BCUT2D eigenvalue weighted by Gasteiger charge is 2.16. The first-order valence-corrected chi connectivity index (χ1v) is 8.16. The molecule has 0 saturated carbocycles. The van der Waals surface area contributed by atoms with Crippen molar-refractivity contribution in [3.05, 3.63) is 51.1 Å². The van der Waals surface area contributed by atoms with Crippen molar-refractivity contribution in [3.8, 4) is 0 Å². The normalized spacial score (nSPS) is 10.8. The topological polar surface area (TPSA) is 104 Å². The van der Waals surface area contributed by atoms with Gasteiger partial charge in [0.15, 0.2) is 0 Å². The van der Waals surface area contributed by atoms with Gasteiger partial charge in [-0.15, -0.1) is 0 Å². The van der Waals surface area contributed by atoms with E-state index in [1.807, 2.05) is 19.1 Å². The molecule has 0 aliphatic carbocycles. The number of fused-ring (bicyclic) bond motifs is 1. The predicted molar refractivity (Wildman–Crippen MR) is 94.4 cm³/mol. The van der Waals surface area contributed by atoms with Crippen molar-refractivity contribution in [2.45, 2.75) is 19.8 Å². The number of hydrogen-bond donors (Lipinski definition) is 3. The van der Waals surface area contributed by atoms with Crippen LogP contribution in [0.5, 0.6) is 0 Å². The molecule has 0 atom stereocenters. The van der Waals surface area contributed by atoms with Crippen molar-refractivity contribution in [1.82, 2.24) is 19.6 Å². The molecule has 24 heavy (non-hydrogen) atoms. The van der Waals surface area contributed by atoms with Gasteiger partial charge in [0, 0.05) is 10.2 Å². The average Bonchev–Trinajstić information content (AvgIpc) is 3.02. The molecular formula is C15H15BrN6O2. The third-order valence-corrected chi connectivity index (χ3v) is 3.86. The Balaban J connectivity index is 1.89. The average molecular weight is 391 g/mol. The molecule has 0 unspecified atom stereocenters. The quantitative estimate of drug-likeness (QED) is 0.636.